The Morgan fingerprint density at radius 1 is 1.10 bits per heavy atom. The summed E-state index contributed by atoms with van der Waals surface area (Å²) in [4.78, 5) is 2.55. The highest BCUT2D eigenvalue weighted by Gasteiger charge is 2.36. The Balaban J connectivity index is 1.49. The summed E-state index contributed by atoms with van der Waals surface area (Å²) in [6.07, 6.45) is 7.73. The predicted molar refractivity (Wildman–Crippen MR) is 84.6 cm³/mol. The molecule has 122 valence electrons. The molecule has 0 spiro atoms. The summed E-state index contributed by atoms with van der Waals surface area (Å²) >= 11 is 0. The summed E-state index contributed by atoms with van der Waals surface area (Å²) in [5.74, 6) is 0.821. The van der Waals surface area contributed by atoms with Crippen molar-refractivity contribution in [3.8, 4) is 0 Å². The largest absolute Gasteiger partial charge is 0.381 e. The zero-order chi connectivity index (χ0) is 14.5. The third-order valence-electron chi connectivity index (χ3n) is 5.26. The standard InChI is InChI=1S/C17H32N2O2/c1-19(11-15-5-9-20-10-6-15)13-17(7-2-8-21-14-17)12-18-16-3-4-16/h15-16,18H,2-14H2,1H3. The Morgan fingerprint density at radius 3 is 2.57 bits per heavy atom. The van der Waals surface area contributed by atoms with Gasteiger partial charge in [0.05, 0.1) is 6.61 Å². The minimum atomic E-state index is 0.334. The zero-order valence-corrected chi connectivity index (χ0v) is 13.6. The molecular formula is C17H32N2O2. The molecule has 0 aromatic carbocycles. The molecule has 4 nitrogen and oxygen atoms in total. The van der Waals surface area contributed by atoms with Crippen LogP contribution in [0.3, 0.4) is 0 Å². The van der Waals surface area contributed by atoms with Crippen LogP contribution in [-0.2, 0) is 9.47 Å². The van der Waals surface area contributed by atoms with E-state index >= 15 is 0 Å². The highest BCUT2D eigenvalue weighted by molar-refractivity contribution is 4.91. The van der Waals surface area contributed by atoms with E-state index in [4.69, 9.17) is 9.47 Å². The topological polar surface area (TPSA) is 33.7 Å². The van der Waals surface area contributed by atoms with Gasteiger partial charge in [-0.2, -0.15) is 0 Å². The third kappa shape index (κ3) is 4.92. The molecule has 0 amide bonds. The highest BCUT2D eigenvalue weighted by atomic mass is 16.5. The average Bonchev–Trinajstić information content (AvgIpc) is 3.31. The van der Waals surface area contributed by atoms with Gasteiger partial charge in [0.1, 0.15) is 0 Å². The van der Waals surface area contributed by atoms with E-state index in [-0.39, 0.29) is 0 Å². The summed E-state index contributed by atoms with van der Waals surface area (Å²) in [6.45, 7) is 7.32. The smallest absolute Gasteiger partial charge is 0.0546 e. The molecule has 2 aliphatic heterocycles. The van der Waals surface area contributed by atoms with Gasteiger partial charge < -0.3 is 19.7 Å². The van der Waals surface area contributed by atoms with Crippen LogP contribution in [0.5, 0.6) is 0 Å². The van der Waals surface area contributed by atoms with Crippen LogP contribution in [0.1, 0.15) is 38.5 Å². The van der Waals surface area contributed by atoms with Crippen LogP contribution in [0.15, 0.2) is 0 Å². The second-order valence-electron chi connectivity index (χ2n) is 7.56. The Labute approximate surface area is 129 Å². The summed E-state index contributed by atoms with van der Waals surface area (Å²) in [6, 6.07) is 0.796. The van der Waals surface area contributed by atoms with Crippen molar-refractivity contribution in [2.75, 3.05) is 53.1 Å². The molecule has 1 saturated carbocycles. The van der Waals surface area contributed by atoms with Crippen LogP contribution >= 0.6 is 0 Å². The maximum Gasteiger partial charge on any atom is 0.0546 e. The van der Waals surface area contributed by atoms with E-state index in [2.05, 4.69) is 17.3 Å². The van der Waals surface area contributed by atoms with Gasteiger partial charge in [-0.1, -0.05) is 0 Å². The number of hydrogen-bond acceptors (Lipinski definition) is 4. The van der Waals surface area contributed by atoms with E-state index in [1.54, 1.807) is 0 Å². The average molecular weight is 296 g/mol. The molecule has 0 bridgehead atoms. The van der Waals surface area contributed by atoms with Crippen molar-refractivity contribution in [3.05, 3.63) is 0 Å². The van der Waals surface area contributed by atoms with Gasteiger partial charge >= 0.3 is 0 Å². The first-order chi connectivity index (χ1) is 10.3. The van der Waals surface area contributed by atoms with Gasteiger partial charge in [0.25, 0.3) is 0 Å². The van der Waals surface area contributed by atoms with Crippen molar-refractivity contribution in [3.63, 3.8) is 0 Å². The van der Waals surface area contributed by atoms with E-state index in [1.807, 2.05) is 0 Å². The van der Waals surface area contributed by atoms with E-state index < -0.39 is 0 Å². The van der Waals surface area contributed by atoms with Crippen molar-refractivity contribution >= 4 is 0 Å². The first kappa shape index (κ1) is 15.7. The molecule has 3 fully saturated rings. The lowest BCUT2D eigenvalue weighted by Crippen LogP contribution is -2.49. The van der Waals surface area contributed by atoms with Crippen LogP contribution in [0.4, 0.5) is 0 Å². The fraction of sp³-hybridized carbons (Fsp3) is 1.00. The minimum absolute atomic E-state index is 0.334. The predicted octanol–water partition coefficient (Wildman–Crippen LogP) is 1.89. The van der Waals surface area contributed by atoms with E-state index in [9.17, 15) is 0 Å². The van der Waals surface area contributed by atoms with Crippen molar-refractivity contribution < 1.29 is 9.47 Å². The summed E-state index contributed by atoms with van der Waals surface area (Å²) in [5, 5.41) is 3.75. The lowest BCUT2D eigenvalue weighted by atomic mass is 9.81. The lowest BCUT2D eigenvalue weighted by molar-refractivity contribution is -0.0275. The monoisotopic (exact) mass is 296 g/mol. The van der Waals surface area contributed by atoms with Crippen LogP contribution < -0.4 is 5.32 Å². The van der Waals surface area contributed by atoms with Crippen LogP contribution in [0, 0.1) is 11.3 Å². The molecule has 1 atom stereocenters. The minimum Gasteiger partial charge on any atom is -0.381 e. The van der Waals surface area contributed by atoms with Crippen molar-refractivity contribution in [2.45, 2.75) is 44.6 Å². The van der Waals surface area contributed by atoms with Crippen molar-refractivity contribution in [1.29, 1.82) is 0 Å². The molecule has 2 saturated heterocycles. The first-order valence-corrected chi connectivity index (χ1v) is 8.83. The Morgan fingerprint density at radius 2 is 1.90 bits per heavy atom. The van der Waals surface area contributed by atoms with Crippen LogP contribution in [-0.4, -0.2) is 64.1 Å². The second kappa shape index (κ2) is 7.40. The molecular weight excluding hydrogens is 264 g/mol. The summed E-state index contributed by atoms with van der Waals surface area (Å²) < 4.78 is 11.3. The maximum atomic E-state index is 5.84. The Bertz CT molecular complexity index is 308. The molecule has 1 aliphatic carbocycles. The molecule has 21 heavy (non-hydrogen) atoms. The van der Waals surface area contributed by atoms with Gasteiger partial charge in [0, 0.05) is 50.9 Å². The molecule has 0 radical (unpaired) electrons. The van der Waals surface area contributed by atoms with Crippen LogP contribution in [0.25, 0.3) is 0 Å². The lowest BCUT2D eigenvalue weighted by Gasteiger charge is -2.41. The third-order valence-corrected chi connectivity index (χ3v) is 5.26. The molecule has 3 rings (SSSR count). The van der Waals surface area contributed by atoms with Gasteiger partial charge in [0.2, 0.25) is 0 Å². The molecule has 4 heteroatoms. The quantitative estimate of drug-likeness (QED) is 0.778. The van der Waals surface area contributed by atoms with Gasteiger partial charge in [-0.3, -0.25) is 0 Å². The Hall–Kier alpha value is -0.160. The molecule has 1 N–H and O–H groups in total. The summed E-state index contributed by atoms with van der Waals surface area (Å²) in [7, 11) is 2.29. The van der Waals surface area contributed by atoms with Gasteiger partial charge in [-0.15, -0.1) is 0 Å². The van der Waals surface area contributed by atoms with Crippen molar-refractivity contribution in [1.82, 2.24) is 10.2 Å². The molecule has 0 aromatic rings. The summed E-state index contributed by atoms with van der Waals surface area (Å²) in [5.41, 5.74) is 0.334. The normalized spacial score (nSPS) is 31.7. The molecule has 2 heterocycles. The highest BCUT2D eigenvalue weighted by Crippen LogP contribution is 2.31. The zero-order valence-electron chi connectivity index (χ0n) is 13.6. The molecule has 3 aliphatic rings. The fourth-order valence-electron chi connectivity index (χ4n) is 3.89. The molecule has 1 unspecified atom stereocenters. The van der Waals surface area contributed by atoms with Crippen LogP contribution in [0.2, 0.25) is 0 Å². The first-order valence-electron chi connectivity index (χ1n) is 8.83. The fourth-order valence-corrected chi connectivity index (χ4v) is 3.89. The SMILES string of the molecule is CN(CC1CCOCC1)CC1(CNC2CC2)CCCOC1. The van der Waals surface area contributed by atoms with E-state index in [1.165, 1.54) is 51.6 Å². The number of hydrogen-bond donors (Lipinski definition) is 1. The van der Waals surface area contributed by atoms with Gasteiger partial charge in [-0.05, 0) is 51.5 Å². The number of rotatable bonds is 7. The van der Waals surface area contributed by atoms with E-state index in [0.29, 0.717) is 5.41 Å². The van der Waals surface area contributed by atoms with Gasteiger partial charge in [-0.25, -0.2) is 0 Å². The maximum absolute atomic E-state index is 5.84. The second-order valence-corrected chi connectivity index (χ2v) is 7.56. The Kier molecular flexibility index (Phi) is 5.54. The van der Waals surface area contributed by atoms with Crippen molar-refractivity contribution in [2.24, 2.45) is 11.3 Å². The van der Waals surface area contributed by atoms with Gasteiger partial charge in [0.15, 0.2) is 0 Å². The van der Waals surface area contributed by atoms with E-state index in [0.717, 1.165) is 44.9 Å². The molecule has 0 aromatic heterocycles. The number of nitrogens with one attached hydrogen (secondary N) is 1. The number of nitrogens with zero attached hydrogens (tertiary/aromatic N) is 1. The number of ether oxygens (including phenoxy) is 2.